The lowest BCUT2D eigenvalue weighted by molar-refractivity contribution is -0.162. The molecule has 0 aromatic rings. The fourth-order valence-electron chi connectivity index (χ4n) is 1.99. The zero-order valence-corrected chi connectivity index (χ0v) is 12.0. The van der Waals surface area contributed by atoms with Crippen LogP contribution in [0.4, 0.5) is 0 Å². The summed E-state index contributed by atoms with van der Waals surface area (Å²) in [5.74, 6) is -1.05. The van der Waals surface area contributed by atoms with E-state index in [1.165, 1.54) is 0 Å². The van der Waals surface area contributed by atoms with Gasteiger partial charge >= 0.3 is 5.97 Å². The van der Waals surface area contributed by atoms with Gasteiger partial charge in [-0.3, -0.25) is 0 Å². The number of ether oxygens (including phenoxy) is 3. The first-order valence-corrected chi connectivity index (χ1v) is 6.46. The summed E-state index contributed by atoms with van der Waals surface area (Å²) in [6, 6.07) is 0. The van der Waals surface area contributed by atoms with E-state index in [9.17, 15) is 9.59 Å². The molecule has 5 nitrogen and oxygen atoms in total. The molecule has 1 aliphatic heterocycles. The van der Waals surface area contributed by atoms with Crippen molar-refractivity contribution in [2.24, 2.45) is 0 Å². The van der Waals surface area contributed by atoms with Crippen molar-refractivity contribution in [3.63, 3.8) is 0 Å². The van der Waals surface area contributed by atoms with Crippen molar-refractivity contribution in [1.29, 1.82) is 0 Å². The molecule has 0 aromatic heterocycles. The van der Waals surface area contributed by atoms with Crippen LogP contribution in [0.15, 0.2) is 11.6 Å². The Kier molecular flexibility index (Phi) is 5.26. The number of aldehydes is 1. The molecule has 1 heterocycles. The Hall–Kier alpha value is -1.20. The Morgan fingerprint density at radius 1 is 1.37 bits per heavy atom. The molecule has 1 atom stereocenters. The summed E-state index contributed by atoms with van der Waals surface area (Å²) in [4.78, 5) is 22.3. The first-order chi connectivity index (χ1) is 8.84. The zero-order valence-electron chi connectivity index (χ0n) is 12.0. The van der Waals surface area contributed by atoms with Gasteiger partial charge in [0, 0.05) is 12.0 Å². The molecule has 0 aromatic carbocycles. The highest BCUT2D eigenvalue weighted by atomic mass is 16.8. The van der Waals surface area contributed by atoms with Crippen molar-refractivity contribution in [3.8, 4) is 0 Å². The maximum atomic E-state index is 11.5. The Labute approximate surface area is 113 Å². The molecule has 19 heavy (non-hydrogen) atoms. The largest absolute Gasteiger partial charge is 0.463 e. The summed E-state index contributed by atoms with van der Waals surface area (Å²) in [6.45, 7) is 7.74. The highest BCUT2D eigenvalue weighted by Crippen LogP contribution is 2.35. The van der Waals surface area contributed by atoms with Crippen molar-refractivity contribution in [2.45, 2.75) is 51.9 Å². The Morgan fingerprint density at radius 3 is 2.53 bits per heavy atom. The minimum Gasteiger partial charge on any atom is -0.463 e. The fraction of sp³-hybridized carbons (Fsp3) is 0.714. The SMILES string of the molecule is CCOC(=O)/C(C)=C/CC1(CC=O)COC(C)(C)O1. The number of hydrogen-bond donors (Lipinski definition) is 0. The van der Waals surface area contributed by atoms with E-state index in [0.29, 0.717) is 25.2 Å². The van der Waals surface area contributed by atoms with Crippen LogP contribution >= 0.6 is 0 Å². The van der Waals surface area contributed by atoms with Crippen LogP contribution in [0.1, 0.15) is 40.5 Å². The van der Waals surface area contributed by atoms with E-state index in [2.05, 4.69) is 0 Å². The molecule has 0 bridgehead atoms. The van der Waals surface area contributed by atoms with Gasteiger partial charge in [-0.15, -0.1) is 0 Å². The molecule has 1 rings (SSSR count). The monoisotopic (exact) mass is 270 g/mol. The number of carbonyl (C=O) groups is 2. The molecule has 1 saturated heterocycles. The van der Waals surface area contributed by atoms with Crippen molar-refractivity contribution < 1.29 is 23.8 Å². The lowest BCUT2D eigenvalue weighted by Gasteiger charge is -2.26. The van der Waals surface area contributed by atoms with Gasteiger partial charge in [-0.1, -0.05) is 6.08 Å². The van der Waals surface area contributed by atoms with Gasteiger partial charge in [0.15, 0.2) is 5.79 Å². The van der Waals surface area contributed by atoms with Gasteiger partial charge in [0.05, 0.1) is 13.2 Å². The van der Waals surface area contributed by atoms with Gasteiger partial charge in [0.25, 0.3) is 0 Å². The van der Waals surface area contributed by atoms with Crippen LogP contribution in [-0.4, -0.2) is 36.9 Å². The lowest BCUT2D eigenvalue weighted by atomic mass is 9.96. The molecule has 0 radical (unpaired) electrons. The van der Waals surface area contributed by atoms with E-state index in [4.69, 9.17) is 14.2 Å². The molecule has 0 amide bonds. The average Bonchev–Trinajstić information content (AvgIpc) is 2.63. The van der Waals surface area contributed by atoms with E-state index in [-0.39, 0.29) is 12.4 Å². The van der Waals surface area contributed by atoms with Gasteiger partial charge < -0.3 is 19.0 Å². The van der Waals surface area contributed by atoms with Crippen LogP contribution in [0.25, 0.3) is 0 Å². The Morgan fingerprint density at radius 2 is 2.05 bits per heavy atom. The van der Waals surface area contributed by atoms with Crippen LogP contribution < -0.4 is 0 Å². The van der Waals surface area contributed by atoms with Crippen molar-refractivity contribution in [3.05, 3.63) is 11.6 Å². The zero-order chi connectivity index (χ0) is 14.5. The van der Waals surface area contributed by atoms with Crippen molar-refractivity contribution in [1.82, 2.24) is 0 Å². The maximum absolute atomic E-state index is 11.5. The molecule has 0 saturated carbocycles. The molecule has 5 heteroatoms. The van der Waals surface area contributed by atoms with Gasteiger partial charge in [0.2, 0.25) is 0 Å². The van der Waals surface area contributed by atoms with Gasteiger partial charge in [-0.05, 0) is 34.1 Å². The Bertz CT molecular complexity index is 372. The average molecular weight is 270 g/mol. The second-order valence-corrected chi connectivity index (χ2v) is 5.16. The predicted molar refractivity (Wildman–Crippen MR) is 69.5 cm³/mol. The summed E-state index contributed by atoms with van der Waals surface area (Å²) in [5, 5.41) is 0. The summed E-state index contributed by atoms with van der Waals surface area (Å²) in [6.07, 6.45) is 3.24. The van der Waals surface area contributed by atoms with Gasteiger partial charge in [-0.25, -0.2) is 4.79 Å². The number of hydrogen-bond acceptors (Lipinski definition) is 5. The predicted octanol–water partition coefficient (Wildman–Crippen LogP) is 2.00. The third-order valence-corrected chi connectivity index (χ3v) is 2.98. The third-order valence-electron chi connectivity index (χ3n) is 2.98. The van der Waals surface area contributed by atoms with Crippen LogP contribution in [0.3, 0.4) is 0 Å². The smallest absolute Gasteiger partial charge is 0.333 e. The van der Waals surface area contributed by atoms with E-state index in [0.717, 1.165) is 6.29 Å². The molecule has 0 aliphatic carbocycles. The molecule has 1 aliphatic rings. The minimum absolute atomic E-state index is 0.239. The van der Waals surface area contributed by atoms with Crippen LogP contribution in [-0.2, 0) is 23.8 Å². The first kappa shape index (κ1) is 15.9. The number of esters is 1. The maximum Gasteiger partial charge on any atom is 0.333 e. The number of rotatable bonds is 6. The van der Waals surface area contributed by atoms with E-state index in [1.54, 1.807) is 19.9 Å². The van der Waals surface area contributed by atoms with E-state index >= 15 is 0 Å². The highest BCUT2D eigenvalue weighted by molar-refractivity contribution is 5.87. The summed E-state index contributed by atoms with van der Waals surface area (Å²) >= 11 is 0. The molecular formula is C14H22O5. The molecule has 1 unspecified atom stereocenters. The topological polar surface area (TPSA) is 61.8 Å². The minimum atomic E-state index is -0.700. The van der Waals surface area contributed by atoms with Gasteiger partial charge in [0.1, 0.15) is 11.9 Å². The summed E-state index contributed by atoms with van der Waals surface area (Å²) in [5.41, 5.74) is -0.167. The normalized spacial score (nSPS) is 26.2. The summed E-state index contributed by atoms with van der Waals surface area (Å²) < 4.78 is 16.2. The fourth-order valence-corrected chi connectivity index (χ4v) is 1.99. The highest BCUT2D eigenvalue weighted by Gasteiger charge is 2.44. The third kappa shape index (κ3) is 4.44. The van der Waals surface area contributed by atoms with Crippen molar-refractivity contribution in [2.75, 3.05) is 13.2 Å². The van der Waals surface area contributed by atoms with E-state index in [1.807, 2.05) is 13.8 Å². The molecule has 1 fully saturated rings. The van der Waals surface area contributed by atoms with Crippen LogP contribution in [0, 0.1) is 0 Å². The Balaban J connectivity index is 2.73. The molecular weight excluding hydrogens is 248 g/mol. The molecule has 0 N–H and O–H groups in total. The quantitative estimate of drug-likeness (QED) is 0.419. The van der Waals surface area contributed by atoms with Crippen LogP contribution in [0.2, 0.25) is 0 Å². The van der Waals surface area contributed by atoms with Crippen molar-refractivity contribution >= 4 is 12.3 Å². The second-order valence-electron chi connectivity index (χ2n) is 5.16. The first-order valence-electron chi connectivity index (χ1n) is 6.46. The lowest BCUT2D eigenvalue weighted by Crippen LogP contribution is -2.34. The van der Waals surface area contributed by atoms with E-state index < -0.39 is 11.4 Å². The summed E-state index contributed by atoms with van der Waals surface area (Å²) in [7, 11) is 0. The second kappa shape index (κ2) is 6.30. The molecule has 0 spiro atoms. The number of carbonyl (C=O) groups excluding carboxylic acids is 2. The standard InChI is InChI=1S/C14H22O5/c1-5-17-12(16)11(2)6-7-14(8-9-15)10-18-13(3,4)19-14/h6,9H,5,7-8,10H2,1-4H3/b11-6+. The molecule has 108 valence electrons. The van der Waals surface area contributed by atoms with Gasteiger partial charge in [-0.2, -0.15) is 0 Å². The van der Waals surface area contributed by atoms with Crippen LogP contribution in [0.5, 0.6) is 0 Å².